The van der Waals surface area contributed by atoms with E-state index < -0.39 is 11.7 Å². The first kappa shape index (κ1) is 10.6. The fraction of sp³-hybridized carbons (Fsp3) is 0.727. The quantitative estimate of drug-likeness (QED) is 0.485. The lowest BCUT2D eigenvalue weighted by atomic mass is 9.92. The third kappa shape index (κ3) is 1.47. The van der Waals surface area contributed by atoms with E-state index in [9.17, 15) is 9.18 Å². The molecule has 0 aromatic heterocycles. The molecule has 0 bridgehead atoms. The second-order valence-electron chi connectivity index (χ2n) is 4.33. The third-order valence-corrected chi connectivity index (χ3v) is 3.47. The molecular weight excluding hydrogens is 197 g/mol. The van der Waals surface area contributed by atoms with Crippen LogP contribution in [0, 0.1) is 0 Å². The predicted molar refractivity (Wildman–Crippen MR) is 54.2 cm³/mol. The number of rotatable bonds is 1. The Labute approximate surface area is 88.9 Å². The number of hydrogen-bond acceptors (Lipinski definition) is 3. The molecule has 2 heterocycles. The molecule has 2 fully saturated rings. The van der Waals surface area contributed by atoms with Crippen molar-refractivity contribution in [3.8, 4) is 0 Å². The van der Waals surface area contributed by atoms with Crippen molar-refractivity contribution in [2.24, 2.45) is 0 Å². The van der Waals surface area contributed by atoms with Crippen molar-refractivity contribution in [3.05, 3.63) is 11.6 Å². The molecule has 2 aliphatic rings. The Hall–Kier alpha value is -0.900. The van der Waals surface area contributed by atoms with Gasteiger partial charge >= 0.3 is 5.97 Å². The number of alkyl halides is 1. The van der Waals surface area contributed by atoms with Crippen LogP contribution in [0.3, 0.4) is 0 Å². The van der Waals surface area contributed by atoms with E-state index in [0.29, 0.717) is 19.5 Å². The van der Waals surface area contributed by atoms with Crippen LogP contribution in [0.25, 0.3) is 0 Å². The van der Waals surface area contributed by atoms with E-state index in [1.165, 1.54) is 12.7 Å². The number of ether oxygens (including phenoxy) is 1. The second-order valence-corrected chi connectivity index (χ2v) is 4.33. The van der Waals surface area contributed by atoms with Gasteiger partial charge < -0.3 is 4.74 Å². The summed E-state index contributed by atoms with van der Waals surface area (Å²) in [7, 11) is 1.37. The number of methoxy groups -OCH3 is 1. The van der Waals surface area contributed by atoms with Crippen LogP contribution in [0.4, 0.5) is 4.39 Å². The van der Waals surface area contributed by atoms with Gasteiger partial charge in [-0.1, -0.05) is 11.6 Å². The summed E-state index contributed by atoms with van der Waals surface area (Å²) in [5.74, 6) is -0.292. The Bertz CT molecular complexity index is 316. The first-order valence-electron chi connectivity index (χ1n) is 5.24. The molecule has 2 atom stereocenters. The molecule has 0 aromatic carbocycles. The standard InChI is InChI=1S/C11H16FNO2/c1-3-8-4-11(10(14)15-2)5-9(12)7-13(11)6-8/h3,9H,4-7H2,1-2H3/b8-3+. The Morgan fingerprint density at radius 1 is 1.73 bits per heavy atom. The van der Waals surface area contributed by atoms with Gasteiger partial charge in [0.05, 0.1) is 7.11 Å². The second kappa shape index (κ2) is 3.59. The number of nitrogens with zero attached hydrogens (tertiary/aromatic N) is 1. The highest BCUT2D eigenvalue weighted by Gasteiger charge is 2.56. The monoisotopic (exact) mass is 213 g/mol. The van der Waals surface area contributed by atoms with Gasteiger partial charge in [-0.15, -0.1) is 0 Å². The third-order valence-electron chi connectivity index (χ3n) is 3.47. The summed E-state index contributed by atoms with van der Waals surface area (Å²) in [6.45, 7) is 3.01. The van der Waals surface area contributed by atoms with Crippen molar-refractivity contribution in [1.82, 2.24) is 4.90 Å². The number of hydrogen-bond donors (Lipinski definition) is 0. The highest BCUT2D eigenvalue weighted by molar-refractivity contribution is 5.82. The van der Waals surface area contributed by atoms with E-state index in [1.54, 1.807) is 0 Å². The van der Waals surface area contributed by atoms with Crippen molar-refractivity contribution in [2.75, 3.05) is 20.2 Å². The minimum absolute atomic E-state index is 0.275. The van der Waals surface area contributed by atoms with Crippen LogP contribution in [0.15, 0.2) is 11.6 Å². The maximum atomic E-state index is 13.3. The zero-order valence-corrected chi connectivity index (χ0v) is 9.12. The van der Waals surface area contributed by atoms with E-state index in [2.05, 4.69) is 0 Å². The normalized spacial score (nSPS) is 38.3. The Balaban J connectivity index is 2.29. The molecule has 15 heavy (non-hydrogen) atoms. The molecule has 2 unspecified atom stereocenters. The molecule has 3 nitrogen and oxygen atoms in total. The van der Waals surface area contributed by atoms with Gasteiger partial charge in [-0.05, 0) is 13.3 Å². The van der Waals surface area contributed by atoms with Crippen molar-refractivity contribution in [1.29, 1.82) is 0 Å². The molecule has 0 spiro atoms. The molecule has 0 amide bonds. The van der Waals surface area contributed by atoms with Crippen LogP contribution in [0.2, 0.25) is 0 Å². The average Bonchev–Trinajstić information content (AvgIpc) is 2.69. The molecule has 2 saturated heterocycles. The molecule has 2 rings (SSSR count). The summed E-state index contributed by atoms with van der Waals surface area (Å²) in [6.07, 6.45) is 2.01. The molecule has 84 valence electrons. The van der Waals surface area contributed by atoms with Crippen LogP contribution in [0.1, 0.15) is 19.8 Å². The van der Waals surface area contributed by atoms with Gasteiger partial charge in [-0.2, -0.15) is 0 Å². The minimum atomic E-state index is -0.900. The average molecular weight is 213 g/mol. The minimum Gasteiger partial charge on any atom is -0.468 e. The van der Waals surface area contributed by atoms with Crippen LogP contribution in [-0.4, -0.2) is 42.8 Å². The lowest BCUT2D eigenvalue weighted by Crippen LogP contribution is -2.46. The highest BCUT2D eigenvalue weighted by atomic mass is 19.1. The van der Waals surface area contributed by atoms with Crippen molar-refractivity contribution < 1.29 is 13.9 Å². The molecular formula is C11H16FNO2. The summed E-state index contributed by atoms with van der Waals surface area (Å²) >= 11 is 0. The first-order valence-corrected chi connectivity index (χ1v) is 5.24. The summed E-state index contributed by atoms with van der Waals surface area (Å²) in [4.78, 5) is 13.7. The lowest BCUT2D eigenvalue weighted by Gasteiger charge is -2.27. The Morgan fingerprint density at radius 2 is 2.47 bits per heavy atom. The van der Waals surface area contributed by atoms with Gasteiger partial charge in [-0.25, -0.2) is 4.39 Å². The SMILES string of the molecule is C/C=C1/CN2CC(F)CC2(C(=O)OC)C1. The topological polar surface area (TPSA) is 29.5 Å². The van der Waals surface area contributed by atoms with E-state index in [0.717, 1.165) is 0 Å². The van der Waals surface area contributed by atoms with E-state index >= 15 is 0 Å². The maximum absolute atomic E-state index is 13.3. The molecule has 0 aromatic rings. The molecule has 2 aliphatic heterocycles. The first-order chi connectivity index (χ1) is 7.12. The number of allylic oxidation sites excluding steroid dienone is 1. The summed E-state index contributed by atoms with van der Waals surface area (Å²) in [6, 6.07) is 0. The van der Waals surface area contributed by atoms with E-state index in [1.807, 2.05) is 17.9 Å². The molecule has 0 radical (unpaired) electrons. The van der Waals surface area contributed by atoms with Crippen molar-refractivity contribution in [2.45, 2.75) is 31.5 Å². The zero-order chi connectivity index (χ0) is 11.1. The van der Waals surface area contributed by atoms with Gasteiger partial charge in [0.15, 0.2) is 0 Å². The van der Waals surface area contributed by atoms with Crippen LogP contribution >= 0.6 is 0 Å². The summed E-state index contributed by atoms with van der Waals surface area (Å²) in [5.41, 5.74) is 0.489. The number of esters is 1. The summed E-state index contributed by atoms with van der Waals surface area (Å²) < 4.78 is 18.2. The Morgan fingerprint density at radius 3 is 3.07 bits per heavy atom. The van der Waals surface area contributed by atoms with Gasteiger partial charge in [0, 0.05) is 19.5 Å². The van der Waals surface area contributed by atoms with Crippen LogP contribution in [-0.2, 0) is 9.53 Å². The van der Waals surface area contributed by atoms with Crippen molar-refractivity contribution >= 4 is 5.97 Å². The van der Waals surface area contributed by atoms with Crippen LogP contribution in [0.5, 0.6) is 0 Å². The highest BCUT2D eigenvalue weighted by Crippen LogP contribution is 2.42. The number of carbonyl (C=O) groups excluding carboxylic acids is 1. The number of halogens is 1. The van der Waals surface area contributed by atoms with Crippen LogP contribution < -0.4 is 0 Å². The van der Waals surface area contributed by atoms with Gasteiger partial charge in [0.25, 0.3) is 0 Å². The van der Waals surface area contributed by atoms with E-state index in [4.69, 9.17) is 4.74 Å². The van der Waals surface area contributed by atoms with Gasteiger partial charge in [0.2, 0.25) is 0 Å². The smallest absolute Gasteiger partial charge is 0.326 e. The zero-order valence-electron chi connectivity index (χ0n) is 9.12. The maximum Gasteiger partial charge on any atom is 0.326 e. The van der Waals surface area contributed by atoms with Gasteiger partial charge in [0.1, 0.15) is 11.7 Å². The molecule has 4 heteroatoms. The van der Waals surface area contributed by atoms with E-state index in [-0.39, 0.29) is 12.4 Å². The van der Waals surface area contributed by atoms with Gasteiger partial charge in [-0.3, -0.25) is 9.69 Å². The van der Waals surface area contributed by atoms with Crippen molar-refractivity contribution in [3.63, 3.8) is 0 Å². The summed E-state index contributed by atoms with van der Waals surface area (Å²) in [5, 5.41) is 0. The fourth-order valence-electron chi connectivity index (χ4n) is 2.72. The molecule has 0 N–H and O–H groups in total. The predicted octanol–water partition coefficient (Wildman–Crippen LogP) is 1.29. The number of fused-ring (bicyclic) bond motifs is 1. The Kier molecular flexibility index (Phi) is 2.54. The lowest BCUT2D eigenvalue weighted by molar-refractivity contribution is -0.151. The fourth-order valence-corrected chi connectivity index (χ4v) is 2.72. The molecule has 0 saturated carbocycles. The number of carbonyl (C=O) groups is 1. The largest absolute Gasteiger partial charge is 0.468 e. The molecule has 0 aliphatic carbocycles.